The summed E-state index contributed by atoms with van der Waals surface area (Å²) >= 11 is 12.2. The average Bonchev–Trinajstić information content (AvgIpc) is 2.98. The molecule has 2 N–H and O–H groups in total. The summed E-state index contributed by atoms with van der Waals surface area (Å²) in [6.07, 6.45) is 3.53. The minimum atomic E-state index is -0.239. The summed E-state index contributed by atoms with van der Waals surface area (Å²) in [4.78, 5) is 15.0. The molecule has 3 rings (SSSR count). The van der Waals surface area contributed by atoms with Crippen molar-refractivity contribution in [2.24, 2.45) is 0 Å². The Bertz CT molecular complexity index is 787. The summed E-state index contributed by atoms with van der Waals surface area (Å²) in [5.41, 5.74) is 7.57. The first-order valence-corrected chi connectivity index (χ1v) is 9.44. The van der Waals surface area contributed by atoms with Gasteiger partial charge in [0.25, 0.3) is 5.91 Å². The number of rotatable bonds is 4. The molecule has 0 spiro atoms. The molecule has 1 fully saturated rings. The number of carbonyl (C=O) groups is 1. The molecule has 26 heavy (non-hydrogen) atoms. The molecule has 6 heteroatoms. The fourth-order valence-electron chi connectivity index (χ4n) is 3.56. The van der Waals surface area contributed by atoms with Crippen molar-refractivity contribution < 1.29 is 9.18 Å². The van der Waals surface area contributed by atoms with E-state index in [1.807, 2.05) is 4.90 Å². The lowest BCUT2D eigenvalue weighted by atomic mass is 10.0. The highest BCUT2D eigenvalue weighted by Gasteiger charge is 2.34. The number of benzene rings is 2. The monoisotopic (exact) mass is 394 g/mol. The summed E-state index contributed by atoms with van der Waals surface area (Å²) < 4.78 is 13.0. The highest BCUT2D eigenvalue weighted by Crippen LogP contribution is 2.33. The minimum Gasteiger partial charge on any atom is -0.396 e. The van der Waals surface area contributed by atoms with Crippen molar-refractivity contribution >= 4 is 34.8 Å². The largest absolute Gasteiger partial charge is 0.396 e. The number of amides is 1. The maximum absolute atomic E-state index is 13.1. The van der Waals surface area contributed by atoms with E-state index in [2.05, 4.69) is 6.92 Å². The fraction of sp³-hybridized carbons (Fsp3) is 0.350. The van der Waals surface area contributed by atoms with E-state index in [0.717, 1.165) is 31.2 Å². The zero-order valence-corrected chi connectivity index (χ0v) is 16.0. The lowest BCUT2D eigenvalue weighted by Crippen LogP contribution is -2.40. The number of nitrogens with two attached hydrogens (primary N) is 1. The third-order valence-electron chi connectivity index (χ3n) is 5.03. The number of aryl methyl sites for hydroxylation is 1. The molecular weight excluding hydrogens is 374 g/mol. The van der Waals surface area contributed by atoms with Crippen LogP contribution in [0.3, 0.4) is 0 Å². The highest BCUT2D eigenvalue weighted by molar-refractivity contribution is 6.39. The van der Waals surface area contributed by atoms with Crippen LogP contribution >= 0.6 is 23.2 Å². The Hall–Kier alpha value is -1.78. The van der Waals surface area contributed by atoms with Gasteiger partial charge in [-0.25, -0.2) is 4.39 Å². The number of nitrogen functional groups attached to an aromatic ring is 1. The maximum Gasteiger partial charge on any atom is 0.254 e. The fourth-order valence-corrected chi connectivity index (χ4v) is 4.05. The quantitative estimate of drug-likeness (QED) is 0.711. The lowest BCUT2D eigenvalue weighted by molar-refractivity contribution is 0.0673. The zero-order valence-electron chi connectivity index (χ0n) is 14.5. The van der Waals surface area contributed by atoms with E-state index >= 15 is 0 Å². The van der Waals surface area contributed by atoms with Crippen LogP contribution in [0.2, 0.25) is 10.0 Å². The van der Waals surface area contributed by atoms with Crippen LogP contribution in [0.15, 0.2) is 36.4 Å². The highest BCUT2D eigenvalue weighted by atomic mass is 35.5. The van der Waals surface area contributed by atoms with Gasteiger partial charge in [-0.05, 0) is 62.4 Å². The van der Waals surface area contributed by atoms with E-state index < -0.39 is 0 Å². The van der Waals surface area contributed by atoms with Gasteiger partial charge in [0.1, 0.15) is 5.82 Å². The Morgan fingerprint density at radius 2 is 1.81 bits per heavy atom. The zero-order chi connectivity index (χ0) is 18.8. The first-order valence-electron chi connectivity index (χ1n) is 8.68. The van der Waals surface area contributed by atoms with E-state index in [1.165, 1.54) is 12.1 Å². The number of anilines is 1. The third kappa shape index (κ3) is 3.97. The van der Waals surface area contributed by atoms with Gasteiger partial charge in [0.05, 0.1) is 15.7 Å². The molecule has 0 aromatic heterocycles. The molecule has 0 aliphatic carbocycles. The third-order valence-corrected chi connectivity index (χ3v) is 5.65. The van der Waals surface area contributed by atoms with Gasteiger partial charge in [-0.1, -0.05) is 35.3 Å². The van der Waals surface area contributed by atoms with E-state index in [0.29, 0.717) is 5.56 Å². The van der Waals surface area contributed by atoms with Gasteiger partial charge >= 0.3 is 0 Å². The molecule has 3 nitrogen and oxygen atoms in total. The smallest absolute Gasteiger partial charge is 0.254 e. The van der Waals surface area contributed by atoms with Gasteiger partial charge in [-0.3, -0.25) is 4.79 Å². The van der Waals surface area contributed by atoms with E-state index in [9.17, 15) is 9.18 Å². The van der Waals surface area contributed by atoms with Crippen molar-refractivity contribution in [3.63, 3.8) is 0 Å². The first-order chi connectivity index (χ1) is 12.4. The van der Waals surface area contributed by atoms with Crippen LogP contribution in [0, 0.1) is 5.82 Å². The molecule has 1 aliphatic heterocycles. The Morgan fingerprint density at radius 3 is 2.42 bits per heavy atom. The summed E-state index contributed by atoms with van der Waals surface area (Å²) in [6.45, 7) is 2.05. The standard InChI is InChI=1S/C20H21Cl2FN2O/c1-12-2-8-16(9-5-13-3-6-15(23)7-4-13)25(12)20(26)14-10-17(21)19(24)18(22)11-14/h3-4,6-7,10-12,16H,2,5,8-9,24H2,1H3/t12-,16-/m1/s1. The molecule has 1 saturated heterocycles. The number of nitrogens with zero attached hydrogens (tertiary/aromatic N) is 1. The van der Waals surface area contributed by atoms with Gasteiger partial charge in [0.2, 0.25) is 0 Å². The molecule has 2 aromatic carbocycles. The van der Waals surface area contributed by atoms with Gasteiger partial charge in [0.15, 0.2) is 0 Å². The number of halogens is 3. The second-order valence-corrected chi connectivity index (χ2v) is 7.63. The van der Waals surface area contributed by atoms with Crippen LogP contribution in [0.1, 0.15) is 42.1 Å². The molecular formula is C20H21Cl2FN2O. The molecule has 2 atom stereocenters. The summed E-state index contributed by atoms with van der Waals surface area (Å²) in [6, 6.07) is 9.95. The van der Waals surface area contributed by atoms with Crippen molar-refractivity contribution in [1.29, 1.82) is 0 Å². The first kappa shape index (κ1) is 19.0. The lowest BCUT2D eigenvalue weighted by Gasteiger charge is -2.29. The number of likely N-dealkylation sites (tertiary alicyclic amines) is 1. The topological polar surface area (TPSA) is 46.3 Å². The number of hydrogen-bond donors (Lipinski definition) is 1. The van der Waals surface area contributed by atoms with E-state index in [1.54, 1.807) is 24.3 Å². The number of carbonyl (C=O) groups excluding carboxylic acids is 1. The van der Waals surface area contributed by atoms with Crippen LogP contribution in [0.5, 0.6) is 0 Å². The van der Waals surface area contributed by atoms with Crippen LogP contribution in [0.25, 0.3) is 0 Å². The minimum absolute atomic E-state index is 0.0806. The van der Waals surface area contributed by atoms with Crippen LogP contribution in [-0.4, -0.2) is 22.9 Å². The SMILES string of the molecule is C[C@@H]1CC[C@H](CCc2ccc(F)cc2)N1C(=O)c1cc(Cl)c(N)c(Cl)c1. The summed E-state index contributed by atoms with van der Waals surface area (Å²) in [7, 11) is 0. The molecule has 2 aromatic rings. The van der Waals surface area contributed by atoms with Gasteiger partial charge in [-0.15, -0.1) is 0 Å². The molecule has 1 heterocycles. The van der Waals surface area contributed by atoms with Crippen molar-refractivity contribution in [1.82, 2.24) is 4.90 Å². The molecule has 0 unspecified atom stereocenters. The second-order valence-electron chi connectivity index (χ2n) is 6.81. The maximum atomic E-state index is 13.1. The summed E-state index contributed by atoms with van der Waals surface area (Å²) in [5.74, 6) is -0.319. The predicted octanol–water partition coefficient (Wildman–Crippen LogP) is 5.34. The van der Waals surface area contributed by atoms with Crippen LogP contribution in [-0.2, 0) is 6.42 Å². The van der Waals surface area contributed by atoms with E-state index in [-0.39, 0.29) is 39.5 Å². The van der Waals surface area contributed by atoms with Crippen molar-refractivity contribution in [2.45, 2.75) is 44.7 Å². The Morgan fingerprint density at radius 1 is 1.19 bits per heavy atom. The molecule has 138 valence electrons. The molecule has 1 aliphatic rings. The predicted molar refractivity (Wildman–Crippen MR) is 104 cm³/mol. The van der Waals surface area contributed by atoms with Gasteiger partial charge in [0, 0.05) is 17.6 Å². The van der Waals surface area contributed by atoms with Crippen molar-refractivity contribution in [3.8, 4) is 0 Å². The Kier molecular flexibility index (Phi) is 5.73. The van der Waals surface area contributed by atoms with Crippen molar-refractivity contribution in [3.05, 3.63) is 63.4 Å². The molecule has 1 amide bonds. The Labute approximate surface area is 162 Å². The summed E-state index contributed by atoms with van der Waals surface area (Å²) in [5, 5.41) is 0.575. The Balaban J connectivity index is 1.75. The molecule has 0 bridgehead atoms. The molecule has 0 radical (unpaired) electrons. The molecule has 0 saturated carbocycles. The van der Waals surface area contributed by atoms with Crippen molar-refractivity contribution in [2.75, 3.05) is 5.73 Å². The normalized spacial score (nSPS) is 19.8. The van der Waals surface area contributed by atoms with Gasteiger partial charge < -0.3 is 10.6 Å². The van der Waals surface area contributed by atoms with Gasteiger partial charge in [-0.2, -0.15) is 0 Å². The second kappa shape index (κ2) is 7.85. The van der Waals surface area contributed by atoms with Crippen LogP contribution in [0.4, 0.5) is 10.1 Å². The average molecular weight is 395 g/mol. The van der Waals surface area contributed by atoms with E-state index in [4.69, 9.17) is 28.9 Å². The number of hydrogen-bond acceptors (Lipinski definition) is 2. The van der Waals surface area contributed by atoms with Crippen LogP contribution < -0.4 is 5.73 Å².